The molecule has 1 aromatic carbocycles. The summed E-state index contributed by atoms with van der Waals surface area (Å²) in [5, 5.41) is 3.39. The van der Waals surface area contributed by atoms with Crippen LogP contribution in [0.3, 0.4) is 0 Å². The smallest absolute Gasteiger partial charge is 0.0569 e. The van der Waals surface area contributed by atoms with Gasteiger partial charge in [-0.05, 0) is 42.1 Å². The zero-order valence-corrected chi connectivity index (χ0v) is 10.3. The average Bonchev–Trinajstić information content (AvgIpc) is 2.94. The Morgan fingerprint density at radius 2 is 2.06 bits per heavy atom. The van der Waals surface area contributed by atoms with Crippen LogP contribution in [0.4, 0.5) is 0 Å². The van der Waals surface area contributed by atoms with Crippen LogP contribution in [0, 0.1) is 0 Å². The monoisotopic (exact) mass is 242 g/mol. The van der Waals surface area contributed by atoms with E-state index in [1.165, 1.54) is 27.0 Å². The van der Waals surface area contributed by atoms with Crippen molar-refractivity contribution in [2.24, 2.45) is 5.73 Å². The number of aromatic amines is 1. The maximum absolute atomic E-state index is 5.64. The second-order valence-electron chi connectivity index (χ2n) is 4.08. The van der Waals surface area contributed by atoms with E-state index in [1.807, 2.05) is 0 Å². The average molecular weight is 242 g/mol. The summed E-state index contributed by atoms with van der Waals surface area (Å²) in [5.74, 6) is 0. The van der Waals surface area contributed by atoms with Gasteiger partial charge in [0.05, 0.1) is 10.6 Å². The molecule has 3 rings (SSSR count). The summed E-state index contributed by atoms with van der Waals surface area (Å²) in [6.45, 7) is 0.698. The number of nitrogens with one attached hydrogen (secondary N) is 1. The molecule has 17 heavy (non-hydrogen) atoms. The maximum Gasteiger partial charge on any atom is 0.0569 e. The first kappa shape index (κ1) is 10.6. The van der Waals surface area contributed by atoms with E-state index in [9.17, 15) is 0 Å². The minimum Gasteiger partial charge on any atom is -0.354 e. The van der Waals surface area contributed by atoms with Gasteiger partial charge < -0.3 is 10.7 Å². The fraction of sp³-hybridized carbons (Fsp3) is 0.143. The lowest BCUT2D eigenvalue weighted by atomic mass is 10.1. The first-order valence-electron chi connectivity index (χ1n) is 5.73. The SMILES string of the molecule is NCCc1ccsc1-c1cc2ccccc2[nH]1. The number of hydrogen-bond donors (Lipinski definition) is 2. The molecule has 0 atom stereocenters. The number of aromatic nitrogens is 1. The summed E-state index contributed by atoms with van der Waals surface area (Å²) in [6, 6.07) is 12.7. The van der Waals surface area contributed by atoms with Crippen LogP contribution in [0.25, 0.3) is 21.5 Å². The summed E-state index contributed by atoms with van der Waals surface area (Å²) in [5.41, 5.74) is 9.36. The summed E-state index contributed by atoms with van der Waals surface area (Å²) in [4.78, 5) is 4.78. The molecule has 2 aromatic heterocycles. The third-order valence-electron chi connectivity index (χ3n) is 2.94. The Hall–Kier alpha value is -1.58. The minimum absolute atomic E-state index is 0.698. The normalized spacial score (nSPS) is 11.1. The first-order valence-corrected chi connectivity index (χ1v) is 6.61. The van der Waals surface area contributed by atoms with Crippen molar-refractivity contribution in [3.63, 3.8) is 0 Å². The highest BCUT2D eigenvalue weighted by Gasteiger charge is 2.08. The molecule has 0 amide bonds. The lowest BCUT2D eigenvalue weighted by Crippen LogP contribution is -2.02. The van der Waals surface area contributed by atoms with Gasteiger partial charge in [-0.15, -0.1) is 11.3 Å². The van der Waals surface area contributed by atoms with Gasteiger partial charge in [0.2, 0.25) is 0 Å². The van der Waals surface area contributed by atoms with E-state index in [1.54, 1.807) is 11.3 Å². The van der Waals surface area contributed by atoms with E-state index >= 15 is 0 Å². The largest absolute Gasteiger partial charge is 0.354 e. The third kappa shape index (κ3) is 1.88. The first-order chi connectivity index (χ1) is 8.38. The van der Waals surface area contributed by atoms with Gasteiger partial charge in [0.25, 0.3) is 0 Å². The Kier molecular flexibility index (Phi) is 2.71. The van der Waals surface area contributed by atoms with Crippen LogP contribution in [0.1, 0.15) is 5.56 Å². The van der Waals surface area contributed by atoms with Crippen molar-refractivity contribution in [3.05, 3.63) is 47.3 Å². The number of nitrogens with two attached hydrogens (primary N) is 1. The predicted octanol–water partition coefficient (Wildman–Crippen LogP) is 3.40. The lowest BCUT2D eigenvalue weighted by molar-refractivity contribution is 0.975. The van der Waals surface area contributed by atoms with Crippen LogP contribution in [0.5, 0.6) is 0 Å². The van der Waals surface area contributed by atoms with Crippen molar-refractivity contribution >= 4 is 22.2 Å². The van der Waals surface area contributed by atoms with E-state index < -0.39 is 0 Å². The number of H-pyrrole nitrogens is 1. The molecular weight excluding hydrogens is 228 g/mol. The Balaban J connectivity index is 2.10. The number of fused-ring (bicyclic) bond motifs is 1. The van der Waals surface area contributed by atoms with Crippen LogP contribution < -0.4 is 5.73 Å². The summed E-state index contributed by atoms with van der Waals surface area (Å²) in [7, 11) is 0. The molecule has 0 aliphatic carbocycles. The Morgan fingerprint density at radius 3 is 2.88 bits per heavy atom. The van der Waals surface area contributed by atoms with Crippen molar-refractivity contribution in [1.82, 2.24) is 4.98 Å². The molecule has 0 bridgehead atoms. The van der Waals surface area contributed by atoms with Gasteiger partial charge in [-0.1, -0.05) is 18.2 Å². The summed E-state index contributed by atoms with van der Waals surface area (Å²) < 4.78 is 0. The minimum atomic E-state index is 0.698. The standard InChI is InChI=1S/C14H14N2S/c15-7-5-10-6-8-17-14(10)13-9-11-3-1-2-4-12(11)16-13/h1-4,6,8-9,16H,5,7,15H2. The van der Waals surface area contributed by atoms with E-state index in [-0.39, 0.29) is 0 Å². The fourth-order valence-corrected chi connectivity index (χ4v) is 3.05. The Labute approximate surface area is 104 Å². The second-order valence-corrected chi connectivity index (χ2v) is 5.00. The topological polar surface area (TPSA) is 41.8 Å². The molecule has 0 aliphatic rings. The van der Waals surface area contributed by atoms with Gasteiger partial charge in [0.15, 0.2) is 0 Å². The highest BCUT2D eigenvalue weighted by atomic mass is 32.1. The van der Waals surface area contributed by atoms with Crippen LogP contribution in [-0.2, 0) is 6.42 Å². The molecule has 0 radical (unpaired) electrons. The highest BCUT2D eigenvalue weighted by Crippen LogP contribution is 2.31. The predicted molar refractivity (Wildman–Crippen MR) is 74.4 cm³/mol. The highest BCUT2D eigenvalue weighted by molar-refractivity contribution is 7.13. The zero-order valence-electron chi connectivity index (χ0n) is 9.44. The second kappa shape index (κ2) is 4.35. The fourth-order valence-electron chi connectivity index (χ4n) is 2.12. The van der Waals surface area contributed by atoms with Crippen LogP contribution >= 0.6 is 11.3 Å². The van der Waals surface area contributed by atoms with Crippen LogP contribution in [0.2, 0.25) is 0 Å². The molecule has 2 heterocycles. The van der Waals surface area contributed by atoms with Gasteiger partial charge in [-0.25, -0.2) is 0 Å². The molecule has 2 nitrogen and oxygen atoms in total. The van der Waals surface area contributed by atoms with Crippen LogP contribution in [0.15, 0.2) is 41.8 Å². The Bertz CT molecular complexity index is 603. The van der Waals surface area contributed by atoms with Crippen molar-refractivity contribution in [3.8, 4) is 10.6 Å². The maximum atomic E-state index is 5.64. The van der Waals surface area contributed by atoms with Crippen molar-refractivity contribution < 1.29 is 0 Å². The van der Waals surface area contributed by atoms with Crippen molar-refractivity contribution in [2.45, 2.75) is 6.42 Å². The molecule has 0 saturated heterocycles. The molecule has 0 saturated carbocycles. The molecule has 86 valence electrons. The molecule has 3 heteroatoms. The third-order valence-corrected chi connectivity index (χ3v) is 3.93. The molecular formula is C14H14N2S. The molecule has 3 N–H and O–H groups in total. The lowest BCUT2D eigenvalue weighted by Gasteiger charge is -1.99. The molecule has 0 aliphatic heterocycles. The number of thiophene rings is 1. The van der Waals surface area contributed by atoms with E-state index in [2.05, 4.69) is 46.8 Å². The summed E-state index contributed by atoms with van der Waals surface area (Å²) in [6.07, 6.45) is 0.939. The van der Waals surface area contributed by atoms with Gasteiger partial charge in [0, 0.05) is 10.9 Å². The van der Waals surface area contributed by atoms with Crippen molar-refractivity contribution in [1.29, 1.82) is 0 Å². The van der Waals surface area contributed by atoms with E-state index in [0.29, 0.717) is 6.54 Å². The summed E-state index contributed by atoms with van der Waals surface area (Å²) >= 11 is 1.77. The Morgan fingerprint density at radius 1 is 1.18 bits per heavy atom. The van der Waals surface area contributed by atoms with Crippen LogP contribution in [-0.4, -0.2) is 11.5 Å². The van der Waals surface area contributed by atoms with E-state index in [4.69, 9.17) is 5.73 Å². The number of para-hydroxylation sites is 1. The van der Waals surface area contributed by atoms with Gasteiger partial charge in [-0.3, -0.25) is 0 Å². The number of benzene rings is 1. The van der Waals surface area contributed by atoms with Gasteiger partial charge >= 0.3 is 0 Å². The van der Waals surface area contributed by atoms with Gasteiger partial charge in [-0.2, -0.15) is 0 Å². The molecule has 0 fully saturated rings. The molecule has 0 spiro atoms. The molecule has 0 unspecified atom stereocenters. The van der Waals surface area contributed by atoms with E-state index in [0.717, 1.165) is 6.42 Å². The van der Waals surface area contributed by atoms with Crippen molar-refractivity contribution in [2.75, 3.05) is 6.54 Å². The number of hydrogen-bond acceptors (Lipinski definition) is 2. The molecule has 3 aromatic rings. The quantitative estimate of drug-likeness (QED) is 0.726. The van der Waals surface area contributed by atoms with Gasteiger partial charge in [0.1, 0.15) is 0 Å². The number of rotatable bonds is 3. The zero-order chi connectivity index (χ0) is 11.7.